The average Bonchev–Trinajstić information content (AvgIpc) is 2.03. The van der Waals surface area contributed by atoms with Crippen molar-refractivity contribution >= 4 is 0 Å². The summed E-state index contributed by atoms with van der Waals surface area (Å²) < 4.78 is 5.36. The number of ether oxygens (including phenoxy) is 1. The molecule has 65 valence electrons. The number of allylic oxidation sites excluding steroid dienone is 1. The Morgan fingerprint density at radius 3 is 2.73 bits per heavy atom. The maximum Gasteiger partial charge on any atom is 0.0471 e. The molecule has 0 rings (SSSR count). The second kappa shape index (κ2) is 9.70. The lowest BCUT2D eigenvalue weighted by molar-refractivity contribution is 0.133. The molecule has 0 heterocycles. The lowest BCUT2D eigenvalue weighted by Crippen LogP contribution is -1.96. The van der Waals surface area contributed by atoms with Gasteiger partial charge in [0.1, 0.15) is 0 Å². The third kappa shape index (κ3) is 9.70. The van der Waals surface area contributed by atoms with Gasteiger partial charge in [-0.25, -0.2) is 0 Å². The molecule has 0 aromatic carbocycles. The predicted molar refractivity (Wildman–Crippen MR) is 49.5 cm³/mol. The summed E-state index contributed by atoms with van der Waals surface area (Å²) in [7, 11) is 0. The first-order valence-corrected chi connectivity index (χ1v) is 4.43. The zero-order valence-corrected chi connectivity index (χ0v) is 7.51. The fourth-order valence-electron chi connectivity index (χ4n) is 0.825. The van der Waals surface area contributed by atoms with E-state index in [2.05, 4.69) is 13.5 Å². The summed E-state index contributed by atoms with van der Waals surface area (Å²) in [4.78, 5) is 0. The van der Waals surface area contributed by atoms with Crippen LogP contribution in [0, 0.1) is 6.42 Å². The summed E-state index contributed by atoms with van der Waals surface area (Å²) in [5.41, 5.74) is 0. The Balaban J connectivity index is 2.74. The number of hydrogen-bond acceptors (Lipinski definition) is 1. The molecule has 0 fully saturated rings. The van der Waals surface area contributed by atoms with Crippen LogP contribution in [0.25, 0.3) is 0 Å². The van der Waals surface area contributed by atoms with Gasteiger partial charge in [0.15, 0.2) is 0 Å². The van der Waals surface area contributed by atoms with Crippen LogP contribution in [0.2, 0.25) is 0 Å². The van der Waals surface area contributed by atoms with Gasteiger partial charge in [-0.05, 0) is 19.3 Å². The molecule has 0 aliphatic carbocycles. The van der Waals surface area contributed by atoms with Crippen molar-refractivity contribution in [2.45, 2.75) is 32.6 Å². The Labute approximate surface area is 70.4 Å². The Bertz CT molecular complexity index is 78.9. The summed E-state index contributed by atoms with van der Waals surface area (Å²) in [5, 5.41) is 0. The predicted octanol–water partition coefficient (Wildman–Crippen LogP) is 2.97. The zero-order chi connectivity index (χ0) is 8.36. The maximum absolute atomic E-state index is 5.36. The third-order valence-electron chi connectivity index (χ3n) is 1.49. The minimum atomic E-state index is 0.843. The molecule has 0 atom stereocenters. The molecule has 0 aliphatic rings. The van der Waals surface area contributed by atoms with Gasteiger partial charge in [-0.15, -0.1) is 6.58 Å². The van der Waals surface area contributed by atoms with E-state index in [9.17, 15) is 0 Å². The van der Waals surface area contributed by atoms with Crippen molar-refractivity contribution in [1.82, 2.24) is 0 Å². The van der Waals surface area contributed by atoms with Crippen LogP contribution in [0.4, 0.5) is 0 Å². The van der Waals surface area contributed by atoms with E-state index in [4.69, 9.17) is 4.74 Å². The summed E-state index contributed by atoms with van der Waals surface area (Å²) in [5.74, 6) is 0. The number of hydrogen-bond donors (Lipinski definition) is 0. The molecule has 0 amide bonds. The largest absolute Gasteiger partial charge is 0.381 e. The van der Waals surface area contributed by atoms with E-state index in [0.717, 1.165) is 19.6 Å². The van der Waals surface area contributed by atoms with Crippen LogP contribution in [0.15, 0.2) is 12.7 Å². The van der Waals surface area contributed by atoms with Crippen LogP contribution in [0.3, 0.4) is 0 Å². The topological polar surface area (TPSA) is 9.23 Å². The maximum atomic E-state index is 5.36. The molecular formula is C10H19O. The van der Waals surface area contributed by atoms with Gasteiger partial charge in [-0.1, -0.05) is 25.8 Å². The van der Waals surface area contributed by atoms with E-state index >= 15 is 0 Å². The Hall–Kier alpha value is -0.300. The van der Waals surface area contributed by atoms with Gasteiger partial charge >= 0.3 is 0 Å². The van der Waals surface area contributed by atoms with Crippen LogP contribution in [0.1, 0.15) is 32.6 Å². The highest BCUT2D eigenvalue weighted by Gasteiger charge is 1.87. The molecule has 1 nitrogen and oxygen atoms in total. The Kier molecular flexibility index (Phi) is 9.44. The molecular weight excluding hydrogens is 136 g/mol. The van der Waals surface area contributed by atoms with Gasteiger partial charge in [0.05, 0.1) is 0 Å². The summed E-state index contributed by atoms with van der Waals surface area (Å²) in [6.07, 6.45) is 8.59. The van der Waals surface area contributed by atoms with E-state index in [1.807, 2.05) is 12.5 Å². The molecule has 0 bridgehead atoms. The number of rotatable bonds is 8. The minimum absolute atomic E-state index is 0.843. The number of unbranched alkanes of at least 4 members (excludes halogenated alkanes) is 3. The monoisotopic (exact) mass is 155 g/mol. The van der Waals surface area contributed by atoms with E-state index < -0.39 is 0 Å². The molecule has 0 aliphatic heterocycles. The second-order valence-corrected chi connectivity index (χ2v) is 2.58. The highest BCUT2D eigenvalue weighted by Crippen LogP contribution is 1.95. The first kappa shape index (κ1) is 10.7. The molecule has 11 heavy (non-hydrogen) atoms. The highest BCUT2D eigenvalue weighted by atomic mass is 16.5. The molecule has 0 saturated carbocycles. The van der Waals surface area contributed by atoms with Gasteiger partial charge in [0, 0.05) is 13.2 Å². The first-order valence-electron chi connectivity index (χ1n) is 4.43. The van der Waals surface area contributed by atoms with Crippen molar-refractivity contribution in [2.75, 3.05) is 13.2 Å². The first-order chi connectivity index (χ1) is 5.41. The molecule has 0 aromatic heterocycles. The second-order valence-electron chi connectivity index (χ2n) is 2.58. The Morgan fingerprint density at radius 2 is 2.09 bits per heavy atom. The van der Waals surface area contributed by atoms with Crippen molar-refractivity contribution in [1.29, 1.82) is 0 Å². The molecule has 0 aromatic rings. The van der Waals surface area contributed by atoms with Gasteiger partial charge in [0.25, 0.3) is 0 Å². The van der Waals surface area contributed by atoms with Crippen molar-refractivity contribution in [3.05, 3.63) is 19.1 Å². The molecule has 1 heteroatoms. The third-order valence-corrected chi connectivity index (χ3v) is 1.49. The lowest BCUT2D eigenvalue weighted by Gasteiger charge is -2.00. The highest BCUT2D eigenvalue weighted by molar-refractivity contribution is 4.85. The quantitative estimate of drug-likeness (QED) is 0.490. The van der Waals surface area contributed by atoms with Gasteiger partial charge in [0.2, 0.25) is 0 Å². The van der Waals surface area contributed by atoms with Crippen LogP contribution in [0.5, 0.6) is 0 Å². The van der Waals surface area contributed by atoms with Crippen LogP contribution in [-0.2, 0) is 4.74 Å². The van der Waals surface area contributed by atoms with Gasteiger partial charge in [-0.3, -0.25) is 0 Å². The molecule has 0 spiro atoms. The average molecular weight is 155 g/mol. The van der Waals surface area contributed by atoms with E-state index in [0.29, 0.717) is 0 Å². The fraction of sp³-hybridized carbons (Fsp3) is 0.700. The minimum Gasteiger partial charge on any atom is -0.381 e. The van der Waals surface area contributed by atoms with E-state index in [1.165, 1.54) is 19.3 Å². The summed E-state index contributed by atoms with van der Waals surface area (Å²) in [6.45, 7) is 7.56. The molecule has 0 saturated heterocycles. The summed E-state index contributed by atoms with van der Waals surface area (Å²) in [6, 6.07) is 0. The normalized spacial score (nSPS) is 9.91. The van der Waals surface area contributed by atoms with Crippen LogP contribution < -0.4 is 0 Å². The van der Waals surface area contributed by atoms with Gasteiger partial charge in [-0.2, -0.15) is 0 Å². The molecule has 0 unspecified atom stereocenters. The van der Waals surface area contributed by atoms with Gasteiger partial charge < -0.3 is 4.74 Å². The molecule has 0 N–H and O–H groups in total. The fourth-order valence-corrected chi connectivity index (χ4v) is 0.825. The Morgan fingerprint density at radius 1 is 1.27 bits per heavy atom. The zero-order valence-electron chi connectivity index (χ0n) is 7.51. The standard InChI is InChI=1S/C10H19O/c1-3-5-7-9-11-10-8-6-4-2/h3,5H,1,4,6-10H2,2H3. The van der Waals surface area contributed by atoms with Crippen LogP contribution >= 0.6 is 0 Å². The SMILES string of the molecule is C=C[CH]CCOCCCCC. The van der Waals surface area contributed by atoms with Crippen LogP contribution in [-0.4, -0.2) is 13.2 Å². The summed E-state index contributed by atoms with van der Waals surface area (Å²) >= 11 is 0. The van der Waals surface area contributed by atoms with Crippen molar-refractivity contribution in [2.24, 2.45) is 0 Å². The van der Waals surface area contributed by atoms with Crippen molar-refractivity contribution in [3.63, 3.8) is 0 Å². The van der Waals surface area contributed by atoms with Crippen molar-refractivity contribution < 1.29 is 4.74 Å². The lowest BCUT2D eigenvalue weighted by atomic mass is 10.3. The molecule has 1 radical (unpaired) electrons. The van der Waals surface area contributed by atoms with E-state index in [-0.39, 0.29) is 0 Å². The van der Waals surface area contributed by atoms with E-state index in [1.54, 1.807) is 0 Å². The van der Waals surface area contributed by atoms with Crippen molar-refractivity contribution in [3.8, 4) is 0 Å². The smallest absolute Gasteiger partial charge is 0.0471 e.